The molecule has 0 bridgehead atoms. The molecule has 1 amide bonds. The summed E-state index contributed by atoms with van der Waals surface area (Å²) in [6.45, 7) is 3.87. The van der Waals surface area contributed by atoms with Crippen LogP contribution >= 0.6 is 23.8 Å². The lowest BCUT2D eigenvalue weighted by atomic mass is 9.92. The van der Waals surface area contributed by atoms with Crippen LogP contribution in [0.3, 0.4) is 0 Å². The molecule has 6 heteroatoms. The van der Waals surface area contributed by atoms with E-state index in [4.69, 9.17) is 23.8 Å². The Morgan fingerprint density at radius 1 is 1.16 bits per heavy atom. The summed E-state index contributed by atoms with van der Waals surface area (Å²) in [7, 11) is 0. The monoisotopic (exact) mass is 371 g/mol. The molecule has 0 saturated carbocycles. The van der Waals surface area contributed by atoms with Gasteiger partial charge in [0.1, 0.15) is 0 Å². The fourth-order valence-electron chi connectivity index (χ4n) is 2.90. The molecule has 0 aliphatic carbocycles. The Kier molecular flexibility index (Phi) is 5.06. The van der Waals surface area contributed by atoms with Crippen LogP contribution in [-0.4, -0.2) is 11.0 Å². The zero-order chi connectivity index (χ0) is 18.0. The Labute approximate surface area is 157 Å². The van der Waals surface area contributed by atoms with Gasteiger partial charge in [-0.15, -0.1) is 0 Å². The number of carbonyl (C=O) groups excluding carboxylic acids is 1. The predicted molar refractivity (Wildman–Crippen MR) is 106 cm³/mol. The molecule has 3 N–H and O–H groups in total. The van der Waals surface area contributed by atoms with Gasteiger partial charge in [-0.1, -0.05) is 41.9 Å². The highest BCUT2D eigenvalue weighted by molar-refractivity contribution is 7.80. The van der Waals surface area contributed by atoms with Crippen LogP contribution in [0.5, 0.6) is 0 Å². The Balaban J connectivity index is 1.97. The molecule has 2 aromatic carbocycles. The van der Waals surface area contributed by atoms with Crippen molar-refractivity contribution in [3.8, 4) is 0 Å². The predicted octanol–water partition coefficient (Wildman–Crippen LogP) is 4.08. The number of thiocarbonyl (C=S) groups is 1. The lowest BCUT2D eigenvalue weighted by molar-refractivity contribution is -0.113. The highest BCUT2D eigenvalue weighted by atomic mass is 35.5. The molecule has 0 unspecified atom stereocenters. The number of benzene rings is 2. The number of allylic oxidation sites excluding steroid dienone is 1. The number of halogens is 1. The number of hydrogen-bond acceptors (Lipinski definition) is 2. The summed E-state index contributed by atoms with van der Waals surface area (Å²) < 4.78 is 0. The molecule has 3 rings (SSSR count). The number of hydrogen-bond donors (Lipinski definition) is 3. The minimum Gasteiger partial charge on any atom is -0.351 e. The minimum absolute atomic E-state index is 0.199. The molecule has 0 saturated heterocycles. The van der Waals surface area contributed by atoms with Gasteiger partial charge in [-0.25, -0.2) is 0 Å². The van der Waals surface area contributed by atoms with Gasteiger partial charge in [-0.2, -0.15) is 0 Å². The number of anilines is 1. The van der Waals surface area contributed by atoms with Crippen LogP contribution in [0.25, 0.3) is 0 Å². The molecule has 0 fully saturated rings. The standard InChI is InChI=1S/C19H18ClN3OS/c1-11-6-3-4-9-15(11)17-16(12(2)21-19(25)23-17)18(24)22-14-8-5-7-13(20)10-14/h3-10,17H,1-2H3,(H,22,24)(H2,21,23,25)/t17-/m1/s1. The Bertz CT molecular complexity index is 878. The zero-order valence-electron chi connectivity index (χ0n) is 13.9. The number of rotatable bonds is 3. The summed E-state index contributed by atoms with van der Waals surface area (Å²) in [6.07, 6.45) is 0. The minimum atomic E-state index is -0.311. The smallest absolute Gasteiger partial charge is 0.255 e. The third kappa shape index (κ3) is 3.83. The zero-order valence-corrected chi connectivity index (χ0v) is 15.5. The van der Waals surface area contributed by atoms with E-state index in [0.717, 1.165) is 16.8 Å². The molecule has 1 aliphatic rings. The maximum absolute atomic E-state index is 13.0. The summed E-state index contributed by atoms with van der Waals surface area (Å²) in [5, 5.41) is 10.2. The Hall–Kier alpha value is -2.37. The summed E-state index contributed by atoms with van der Waals surface area (Å²) in [6, 6.07) is 14.7. The first kappa shape index (κ1) is 17.5. The second-order valence-corrected chi connectivity index (χ2v) is 6.74. The maximum atomic E-state index is 13.0. The van der Waals surface area contributed by atoms with Gasteiger partial charge in [0.05, 0.1) is 11.6 Å². The van der Waals surface area contributed by atoms with Crippen molar-refractivity contribution in [2.45, 2.75) is 19.9 Å². The fourth-order valence-corrected chi connectivity index (χ4v) is 3.36. The molecule has 0 aromatic heterocycles. The molecule has 0 spiro atoms. The van der Waals surface area contributed by atoms with Crippen molar-refractivity contribution in [1.29, 1.82) is 0 Å². The van der Waals surface area contributed by atoms with Gasteiger partial charge in [0.25, 0.3) is 5.91 Å². The van der Waals surface area contributed by atoms with Gasteiger partial charge in [-0.3, -0.25) is 4.79 Å². The second kappa shape index (κ2) is 7.25. The van der Waals surface area contributed by atoms with E-state index in [1.54, 1.807) is 24.3 Å². The van der Waals surface area contributed by atoms with Gasteiger partial charge >= 0.3 is 0 Å². The normalized spacial score (nSPS) is 16.9. The van der Waals surface area contributed by atoms with Gasteiger partial charge in [0.2, 0.25) is 0 Å². The number of aryl methyl sites for hydroxylation is 1. The lowest BCUT2D eigenvalue weighted by Crippen LogP contribution is -2.46. The van der Waals surface area contributed by atoms with E-state index < -0.39 is 0 Å². The number of carbonyl (C=O) groups is 1. The van der Waals surface area contributed by atoms with E-state index in [9.17, 15) is 4.79 Å². The van der Waals surface area contributed by atoms with Gasteiger partial charge < -0.3 is 16.0 Å². The van der Waals surface area contributed by atoms with Crippen molar-refractivity contribution in [3.05, 3.63) is 76.0 Å². The Morgan fingerprint density at radius 3 is 2.64 bits per heavy atom. The molecular formula is C19H18ClN3OS. The van der Waals surface area contributed by atoms with Crippen LogP contribution in [0.4, 0.5) is 5.69 Å². The topological polar surface area (TPSA) is 53.2 Å². The number of amides is 1. The van der Waals surface area contributed by atoms with Crippen LogP contribution in [0.2, 0.25) is 5.02 Å². The first-order chi connectivity index (χ1) is 12.0. The summed E-state index contributed by atoms with van der Waals surface area (Å²) >= 11 is 11.3. The third-order valence-electron chi connectivity index (χ3n) is 4.10. The van der Waals surface area contributed by atoms with Crippen LogP contribution in [-0.2, 0) is 4.79 Å². The largest absolute Gasteiger partial charge is 0.351 e. The molecule has 1 aliphatic heterocycles. The van der Waals surface area contributed by atoms with E-state index in [-0.39, 0.29) is 11.9 Å². The SMILES string of the molecule is CC1=C(C(=O)Nc2cccc(Cl)c2)[C@@H](c2ccccc2C)NC(=S)N1. The van der Waals surface area contributed by atoms with Crippen molar-refractivity contribution in [2.75, 3.05) is 5.32 Å². The van der Waals surface area contributed by atoms with Crippen LogP contribution in [0, 0.1) is 6.92 Å². The summed E-state index contributed by atoms with van der Waals surface area (Å²) in [5.74, 6) is -0.199. The second-order valence-electron chi connectivity index (χ2n) is 5.89. The van der Waals surface area contributed by atoms with E-state index in [2.05, 4.69) is 16.0 Å². The molecule has 0 radical (unpaired) electrons. The molecule has 128 valence electrons. The fraction of sp³-hybridized carbons (Fsp3) is 0.158. The molecule has 2 aromatic rings. The molecule has 1 heterocycles. The molecule has 4 nitrogen and oxygen atoms in total. The maximum Gasteiger partial charge on any atom is 0.255 e. The lowest BCUT2D eigenvalue weighted by Gasteiger charge is -2.31. The van der Waals surface area contributed by atoms with Crippen molar-refractivity contribution in [1.82, 2.24) is 10.6 Å². The van der Waals surface area contributed by atoms with Gasteiger partial charge in [0.15, 0.2) is 5.11 Å². The van der Waals surface area contributed by atoms with Gasteiger partial charge in [-0.05, 0) is 55.4 Å². The average Bonchev–Trinajstić information content (AvgIpc) is 2.54. The van der Waals surface area contributed by atoms with Crippen LogP contribution in [0.1, 0.15) is 24.1 Å². The Morgan fingerprint density at radius 2 is 1.92 bits per heavy atom. The number of nitrogens with one attached hydrogen (secondary N) is 3. The van der Waals surface area contributed by atoms with E-state index in [1.807, 2.05) is 38.1 Å². The van der Waals surface area contributed by atoms with Crippen LogP contribution in [0.15, 0.2) is 59.8 Å². The summed E-state index contributed by atoms with van der Waals surface area (Å²) in [4.78, 5) is 13.0. The van der Waals surface area contributed by atoms with Gasteiger partial charge in [0, 0.05) is 16.4 Å². The van der Waals surface area contributed by atoms with Crippen molar-refractivity contribution in [3.63, 3.8) is 0 Å². The highest BCUT2D eigenvalue weighted by Crippen LogP contribution is 2.30. The van der Waals surface area contributed by atoms with Crippen LogP contribution < -0.4 is 16.0 Å². The molecule has 25 heavy (non-hydrogen) atoms. The summed E-state index contributed by atoms with van der Waals surface area (Å²) in [5.41, 5.74) is 4.08. The van der Waals surface area contributed by atoms with E-state index in [1.165, 1.54) is 0 Å². The van der Waals surface area contributed by atoms with Crippen molar-refractivity contribution >= 4 is 40.5 Å². The van der Waals surface area contributed by atoms with E-state index in [0.29, 0.717) is 21.4 Å². The quantitative estimate of drug-likeness (QED) is 0.711. The molecule has 1 atom stereocenters. The molecular weight excluding hydrogens is 354 g/mol. The highest BCUT2D eigenvalue weighted by Gasteiger charge is 2.30. The van der Waals surface area contributed by atoms with E-state index >= 15 is 0 Å². The third-order valence-corrected chi connectivity index (χ3v) is 4.55. The average molecular weight is 372 g/mol. The van der Waals surface area contributed by atoms with Crippen molar-refractivity contribution < 1.29 is 4.79 Å². The first-order valence-electron chi connectivity index (χ1n) is 7.86. The first-order valence-corrected chi connectivity index (χ1v) is 8.65. The van der Waals surface area contributed by atoms with Crippen molar-refractivity contribution in [2.24, 2.45) is 0 Å².